The zero-order chi connectivity index (χ0) is 23.9. The normalized spacial score (nSPS) is 35.3. The SMILES string of the molecule is C.C.CC1C=CC=[O+]C1C.CC1C=CCOC1C.CC1CC=COC1C.CC1CCCOC1C. The molecule has 4 aliphatic rings. The Morgan fingerprint density at radius 2 is 1.44 bits per heavy atom. The van der Waals surface area contributed by atoms with Crippen LogP contribution in [0.2, 0.25) is 0 Å². The van der Waals surface area contributed by atoms with Gasteiger partial charge in [0, 0.05) is 25.5 Å². The zero-order valence-corrected chi connectivity index (χ0v) is 21.8. The second kappa shape index (κ2) is 19.9. The third-order valence-corrected chi connectivity index (χ3v) is 6.85. The van der Waals surface area contributed by atoms with Gasteiger partial charge in [0.2, 0.25) is 0 Å². The van der Waals surface area contributed by atoms with Gasteiger partial charge in [-0.2, -0.15) is 0 Å². The largest absolute Gasteiger partial charge is 0.498 e. The van der Waals surface area contributed by atoms with Crippen molar-refractivity contribution in [3.05, 3.63) is 36.6 Å². The van der Waals surface area contributed by atoms with Gasteiger partial charge in [0.1, 0.15) is 0 Å². The van der Waals surface area contributed by atoms with Gasteiger partial charge in [-0.1, -0.05) is 53.9 Å². The lowest BCUT2D eigenvalue weighted by molar-refractivity contribution is -0.501. The predicted octanol–water partition coefficient (Wildman–Crippen LogP) is 7.95. The van der Waals surface area contributed by atoms with E-state index in [1.165, 1.54) is 19.3 Å². The fourth-order valence-electron chi connectivity index (χ4n) is 3.31. The lowest BCUT2D eigenvalue weighted by Gasteiger charge is -2.25. The minimum Gasteiger partial charge on any atom is -0.498 e. The minimum absolute atomic E-state index is 0. The average Bonchev–Trinajstić information content (AvgIpc) is 2.78. The molecular formula is C30H57O4+. The first-order valence-electron chi connectivity index (χ1n) is 12.6. The number of carbonyl (C=O) groups excluding carboxylic acids is 1. The van der Waals surface area contributed by atoms with Crippen LogP contribution < -0.4 is 0 Å². The fourth-order valence-corrected chi connectivity index (χ4v) is 3.31. The van der Waals surface area contributed by atoms with Crippen molar-refractivity contribution in [1.82, 2.24) is 0 Å². The Bertz CT molecular complexity index is 557. The quantitative estimate of drug-likeness (QED) is 0.200. The molecule has 34 heavy (non-hydrogen) atoms. The maximum Gasteiger partial charge on any atom is 0.308 e. The van der Waals surface area contributed by atoms with Crippen LogP contribution in [0, 0.1) is 23.7 Å². The van der Waals surface area contributed by atoms with Crippen LogP contribution in [0.5, 0.6) is 0 Å². The van der Waals surface area contributed by atoms with E-state index in [0.717, 1.165) is 19.1 Å². The predicted molar refractivity (Wildman–Crippen MR) is 148 cm³/mol. The van der Waals surface area contributed by atoms with Gasteiger partial charge in [-0.25, -0.2) is 0 Å². The highest BCUT2D eigenvalue weighted by Gasteiger charge is 2.18. The van der Waals surface area contributed by atoms with E-state index in [-0.39, 0.29) is 14.9 Å². The smallest absolute Gasteiger partial charge is 0.308 e. The lowest BCUT2D eigenvalue weighted by Crippen LogP contribution is -2.23. The molecule has 0 radical (unpaired) electrons. The van der Waals surface area contributed by atoms with E-state index < -0.39 is 0 Å². The summed E-state index contributed by atoms with van der Waals surface area (Å²) in [6.07, 6.45) is 19.5. The molecular weight excluding hydrogens is 424 g/mol. The topological polar surface area (TPSA) is 39.0 Å². The monoisotopic (exact) mass is 481 g/mol. The summed E-state index contributed by atoms with van der Waals surface area (Å²) in [6.45, 7) is 19.0. The molecule has 1 fully saturated rings. The van der Waals surface area contributed by atoms with E-state index in [9.17, 15) is 0 Å². The summed E-state index contributed by atoms with van der Waals surface area (Å²) >= 11 is 0. The standard InChI is InChI=1S/C7H14O.2C7H12O.C7H11O.2CH4/c4*1-6-4-3-5-8-7(6)2;;/h6-7H,3-5H2,1-2H3;3,5-7H,4H2,1-2H3;3-4,6-7H,5H2,1-2H3;3-7H,1-2H3;2*1H4/q;;;+1;;. The van der Waals surface area contributed by atoms with Crippen molar-refractivity contribution in [2.45, 2.75) is 114 Å². The van der Waals surface area contributed by atoms with Crippen molar-refractivity contribution in [3.8, 4) is 0 Å². The van der Waals surface area contributed by atoms with E-state index in [2.05, 4.69) is 79.7 Å². The van der Waals surface area contributed by atoms with Crippen LogP contribution in [0.25, 0.3) is 0 Å². The molecule has 8 unspecified atom stereocenters. The van der Waals surface area contributed by atoms with Gasteiger partial charge >= 0.3 is 6.29 Å². The summed E-state index contributed by atoms with van der Waals surface area (Å²) in [6, 6.07) is 0. The number of hydrogen-bond acceptors (Lipinski definition) is 3. The van der Waals surface area contributed by atoms with Gasteiger partial charge in [0.25, 0.3) is 6.10 Å². The highest BCUT2D eigenvalue weighted by molar-refractivity contribution is 5.65. The van der Waals surface area contributed by atoms with Crippen LogP contribution in [-0.4, -0.2) is 43.9 Å². The second-order valence-electron chi connectivity index (χ2n) is 9.67. The number of allylic oxidation sites excluding steroid dienone is 2. The third-order valence-electron chi connectivity index (χ3n) is 6.85. The van der Waals surface area contributed by atoms with Gasteiger partial charge in [-0.3, -0.25) is 4.42 Å². The van der Waals surface area contributed by atoms with Gasteiger partial charge < -0.3 is 14.2 Å². The molecule has 0 aromatic carbocycles. The Morgan fingerprint density at radius 1 is 0.735 bits per heavy atom. The molecule has 0 saturated carbocycles. The Hall–Kier alpha value is -1.39. The van der Waals surface area contributed by atoms with Crippen LogP contribution in [0.3, 0.4) is 0 Å². The van der Waals surface area contributed by atoms with E-state index in [0.29, 0.717) is 42.2 Å². The van der Waals surface area contributed by atoms with Crippen LogP contribution in [-0.2, 0) is 18.6 Å². The minimum atomic E-state index is 0. The van der Waals surface area contributed by atoms with Crippen molar-refractivity contribution in [1.29, 1.82) is 0 Å². The van der Waals surface area contributed by atoms with Crippen LogP contribution in [0.15, 0.2) is 36.6 Å². The maximum absolute atomic E-state index is 5.39. The van der Waals surface area contributed by atoms with Crippen LogP contribution >= 0.6 is 0 Å². The Kier molecular flexibility index (Phi) is 20.3. The number of aldehydes is 1. The first-order valence-corrected chi connectivity index (χ1v) is 12.6. The maximum atomic E-state index is 5.39. The Labute approximate surface area is 212 Å². The summed E-state index contributed by atoms with van der Waals surface area (Å²) in [5.41, 5.74) is 0. The third kappa shape index (κ3) is 14.8. The summed E-state index contributed by atoms with van der Waals surface area (Å²) in [7, 11) is 0. The van der Waals surface area contributed by atoms with E-state index >= 15 is 0 Å². The Morgan fingerprint density at radius 3 is 1.79 bits per heavy atom. The second-order valence-corrected chi connectivity index (χ2v) is 9.67. The molecule has 4 rings (SSSR count). The van der Waals surface area contributed by atoms with Crippen molar-refractivity contribution < 1.29 is 18.6 Å². The number of hydrogen-bond donors (Lipinski definition) is 0. The van der Waals surface area contributed by atoms with Crippen molar-refractivity contribution in [3.63, 3.8) is 0 Å². The molecule has 0 bridgehead atoms. The first-order chi connectivity index (χ1) is 15.2. The lowest BCUT2D eigenvalue weighted by atomic mass is 9.98. The average molecular weight is 482 g/mol. The van der Waals surface area contributed by atoms with Gasteiger partial charge in [-0.05, 0) is 64.9 Å². The van der Waals surface area contributed by atoms with Gasteiger partial charge in [-0.15, -0.1) is 0 Å². The summed E-state index contributed by atoms with van der Waals surface area (Å²) in [5.74, 6) is 2.65. The summed E-state index contributed by atoms with van der Waals surface area (Å²) < 4.78 is 21.1. The molecule has 0 spiro atoms. The molecule has 200 valence electrons. The molecule has 1 saturated heterocycles. The molecule has 0 amide bonds. The van der Waals surface area contributed by atoms with Gasteiger partial charge in [0.05, 0.1) is 37.1 Å². The fraction of sp³-hybridized carbons (Fsp3) is 0.767. The highest BCUT2D eigenvalue weighted by atomic mass is 16.5. The van der Waals surface area contributed by atoms with Crippen molar-refractivity contribution in [2.24, 2.45) is 23.7 Å². The van der Waals surface area contributed by atoms with Crippen LogP contribution in [0.4, 0.5) is 0 Å². The van der Waals surface area contributed by atoms with Crippen molar-refractivity contribution >= 4 is 6.29 Å². The Balaban J connectivity index is 0. The molecule has 0 aromatic heterocycles. The molecule has 4 aliphatic heterocycles. The first kappa shape index (κ1) is 34.8. The number of rotatable bonds is 0. The molecule has 0 N–H and O–H groups in total. The molecule has 4 heteroatoms. The van der Waals surface area contributed by atoms with E-state index in [4.69, 9.17) is 18.6 Å². The van der Waals surface area contributed by atoms with E-state index in [1.807, 2.05) is 6.08 Å². The van der Waals surface area contributed by atoms with E-state index in [1.54, 1.807) is 12.5 Å². The molecule has 0 aliphatic carbocycles. The highest BCUT2D eigenvalue weighted by Crippen LogP contribution is 2.19. The molecule has 0 aromatic rings. The van der Waals surface area contributed by atoms with Crippen LogP contribution in [0.1, 0.15) is 89.5 Å². The molecule has 8 atom stereocenters. The zero-order valence-electron chi connectivity index (χ0n) is 21.8. The number of ether oxygens (including phenoxy) is 3. The summed E-state index contributed by atoms with van der Waals surface area (Å²) in [4.78, 5) is 0. The van der Waals surface area contributed by atoms with Gasteiger partial charge in [0.15, 0.2) is 0 Å². The molecule has 4 heterocycles. The molecule has 4 nitrogen and oxygen atoms in total. The van der Waals surface area contributed by atoms with Crippen molar-refractivity contribution in [2.75, 3.05) is 13.2 Å². The summed E-state index contributed by atoms with van der Waals surface area (Å²) in [5, 5.41) is 0.